The molecule has 2 aromatic rings. The highest BCUT2D eigenvalue weighted by atomic mass is 19.3. The van der Waals surface area contributed by atoms with Gasteiger partial charge in [0.05, 0.1) is 0 Å². The minimum Gasteiger partial charge on any atom is -0.346 e. The zero-order valence-electron chi connectivity index (χ0n) is 15.5. The molecule has 148 valence electrons. The van der Waals surface area contributed by atoms with Crippen LogP contribution in [0.5, 0.6) is 0 Å². The topological polar surface area (TPSA) is 63.2 Å². The highest BCUT2D eigenvalue weighted by Gasteiger charge is 2.49. The van der Waals surface area contributed by atoms with Crippen molar-refractivity contribution in [3.8, 4) is 0 Å². The normalized spacial score (nSPS) is 21.1. The van der Waals surface area contributed by atoms with Crippen LogP contribution < -0.4 is 5.32 Å². The minimum absolute atomic E-state index is 0.0145. The zero-order valence-corrected chi connectivity index (χ0v) is 15.5. The number of Topliss-reactive ketones (excluding diaryl/α,β-unsaturated/α-hetero) is 2. The number of hydrogen-bond donors (Lipinski definition) is 1. The molecule has 2 aliphatic carbocycles. The van der Waals surface area contributed by atoms with Crippen LogP contribution in [0.25, 0.3) is 0 Å². The summed E-state index contributed by atoms with van der Waals surface area (Å²) in [7, 11) is 0. The Labute approximate surface area is 166 Å². The van der Waals surface area contributed by atoms with E-state index in [0.717, 1.165) is 0 Å². The summed E-state index contributed by atoms with van der Waals surface area (Å²) in [6.07, 6.45) is 0.984. The first-order valence-corrected chi connectivity index (χ1v) is 9.46. The number of halogens is 2. The van der Waals surface area contributed by atoms with E-state index in [1.165, 1.54) is 6.08 Å². The van der Waals surface area contributed by atoms with E-state index in [1.54, 1.807) is 54.6 Å². The number of carbonyl (C=O) groups is 3. The molecule has 0 aromatic heterocycles. The summed E-state index contributed by atoms with van der Waals surface area (Å²) in [5.41, 5.74) is 0.934. The van der Waals surface area contributed by atoms with E-state index in [-0.39, 0.29) is 36.5 Å². The van der Waals surface area contributed by atoms with E-state index in [2.05, 4.69) is 5.32 Å². The maximum absolute atomic E-state index is 14.8. The van der Waals surface area contributed by atoms with Crippen LogP contribution in [0.4, 0.5) is 8.78 Å². The molecule has 6 heteroatoms. The average molecular weight is 395 g/mol. The fourth-order valence-electron chi connectivity index (χ4n) is 4.06. The largest absolute Gasteiger partial charge is 0.346 e. The monoisotopic (exact) mass is 395 g/mol. The van der Waals surface area contributed by atoms with Crippen molar-refractivity contribution in [3.05, 3.63) is 82.9 Å². The van der Waals surface area contributed by atoms with Crippen molar-refractivity contribution in [1.82, 2.24) is 5.32 Å². The van der Waals surface area contributed by atoms with E-state index in [1.807, 2.05) is 0 Å². The molecule has 0 heterocycles. The van der Waals surface area contributed by atoms with Crippen LogP contribution in [0.15, 0.2) is 66.2 Å². The molecule has 0 aliphatic heterocycles. The molecule has 4 rings (SSSR count). The summed E-state index contributed by atoms with van der Waals surface area (Å²) >= 11 is 0. The second kappa shape index (κ2) is 7.35. The number of nitrogens with one attached hydrogen (secondary N) is 1. The molecule has 0 saturated carbocycles. The SMILES string of the molecule is O=C1c2ccccc2C(=O)C2CC(C(F)(F)C(=O)NCc3ccccc3)=CCC12. The van der Waals surface area contributed by atoms with Crippen LogP contribution in [0, 0.1) is 11.8 Å². The maximum Gasteiger partial charge on any atom is 0.345 e. The van der Waals surface area contributed by atoms with Gasteiger partial charge in [0.15, 0.2) is 11.6 Å². The molecule has 2 unspecified atom stereocenters. The molecule has 0 fully saturated rings. The summed E-state index contributed by atoms with van der Waals surface area (Å²) in [5.74, 6) is -7.15. The van der Waals surface area contributed by atoms with Crippen LogP contribution in [0.1, 0.15) is 39.1 Å². The quantitative estimate of drug-likeness (QED) is 0.797. The van der Waals surface area contributed by atoms with Crippen LogP contribution >= 0.6 is 0 Å². The molecule has 2 aliphatic rings. The van der Waals surface area contributed by atoms with Crippen molar-refractivity contribution in [3.63, 3.8) is 0 Å². The molecule has 4 nitrogen and oxygen atoms in total. The Bertz CT molecular complexity index is 1010. The predicted octanol–water partition coefficient (Wildman–Crippen LogP) is 3.97. The van der Waals surface area contributed by atoms with E-state index < -0.39 is 29.2 Å². The van der Waals surface area contributed by atoms with Crippen molar-refractivity contribution in [2.45, 2.75) is 25.3 Å². The Hall–Kier alpha value is -3.15. The summed E-state index contributed by atoms with van der Waals surface area (Å²) in [5, 5.41) is 2.26. The smallest absolute Gasteiger partial charge is 0.345 e. The number of benzene rings is 2. The molecular weight excluding hydrogens is 376 g/mol. The van der Waals surface area contributed by atoms with Crippen molar-refractivity contribution in [2.75, 3.05) is 0 Å². The highest BCUT2D eigenvalue weighted by Crippen LogP contribution is 2.43. The van der Waals surface area contributed by atoms with Gasteiger partial charge in [0.25, 0.3) is 5.91 Å². The molecule has 1 N–H and O–H groups in total. The molecule has 0 radical (unpaired) electrons. The van der Waals surface area contributed by atoms with Gasteiger partial charge in [0.1, 0.15) is 0 Å². The van der Waals surface area contributed by atoms with Gasteiger partial charge in [-0.15, -0.1) is 0 Å². The van der Waals surface area contributed by atoms with Crippen LogP contribution in [0.2, 0.25) is 0 Å². The van der Waals surface area contributed by atoms with Gasteiger partial charge < -0.3 is 5.32 Å². The van der Waals surface area contributed by atoms with E-state index >= 15 is 0 Å². The lowest BCUT2D eigenvalue weighted by Crippen LogP contribution is -2.45. The fourth-order valence-corrected chi connectivity index (χ4v) is 4.06. The molecule has 2 aromatic carbocycles. The average Bonchev–Trinajstić information content (AvgIpc) is 2.76. The lowest BCUT2D eigenvalue weighted by atomic mass is 9.67. The van der Waals surface area contributed by atoms with E-state index in [9.17, 15) is 23.2 Å². The minimum atomic E-state index is -3.74. The van der Waals surface area contributed by atoms with Crippen molar-refractivity contribution in [1.29, 1.82) is 0 Å². The number of alkyl halides is 2. The maximum atomic E-state index is 14.8. The second-order valence-electron chi connectivity index (χ2n) is 7.40. The standard InChI is InChI=1S/C23H19F2NO3/c24-23(25,22(29)26-13-14-6-2-1-3-7-14)15-10-11-18-19(12-15)21(28)17-9-5-4-8-16(17)20(18)27/h1-10,18-19H,11-13H2,(H,26,29). The van der Waals surface area contributed by atoms with Gasteiger partial charge in [0.2, 0.25) is 0 Å². The Kier molecular flexibility index (Phi) is 4.86. The molecule has 2 atom stereocenters. The molecule has 0 bridgehead atoms. The Morgan fingerprint density at radius 2 is 1.52 bits per heavy atom. The second-order valence-corrected chi connectivity index (χ2v) is 7.40. The lowest BCUT2D eigenvalue weighted by molar-refractivity contribution is -0.141. The van der Waals surface area contributed by atoms with Gasteiger partial charge in [-0.05, 0) is 18.4 Å². The number of ketones is 2. The van der Waals surface area contributed by atoms with E-state index in [4.69, 9.17) is 0 Å². The van der Waals surface area contributed by atoms with Crippen LogP contribution in [-0.4, -0.2) is 23.4 Å². The van der Waals surface area contributed by atoms with Gasteiger partial charge in [-0.1, -0.05) is 60.7 Å². The number of allylic oxidation sites excluding steroid dienone is 1. The molecule has 1 amide bonds. The summed E-state index contributed by atoms with van der Waals surface area (Å²) in [6.45, 7) is -0.0145. The van der Waals surface area contributed by atoms with Crippen LogP contribution in [0.3, 0.4) is 0 Å². The lowest BCUT2D eigenvalue weighted by Gasteiger charge is -2.35. The van der Waals surface area contributed by atoms with Crippen molar-refractivity contribution >= 4 is 17.5 Å². The molecule has 0 saturated heterocycles. The summed E-state index contributed by atoms with van der Waals surface area (Å²) in [6, 6.07) is 15.2. The number of carbonyl (C=O) groups excluding carboxylic acids is 3. The number of rotatable bonds is 4. The molecular formula is C23H19F2NO3. The third-order valence-corrected chi connectivity index (χ3v) is 5.66. The van der Waals surface area contributed by atoms with Gasteiger partial charge in [-0.3, -0.25) is 14.4 Å². The Morgan fingerprint density at radius 3 is 2.17 bits per heavy atom. The Morgan fingerprint density at radius 1 is 0.931 bits per heavy atom. The van der Waals surface area contributed by atoms with Gasteiger partial charge in [-0.25, -0.2) is 0 Å². The first-order valence-electron chi connectivity index (χ1n) is 9.46. The zero-order chi connectivity index (χ0) is 20.6. The van der Waals surface area contributed by atoms with Crippen LogP contribution in [-0.2, 0) is 11.3 Å². The third-order valence-electron chi connectivity index (χ3n) is 5.66. The predicted molar refractivity (Wildman–Crippen MR) is 103 cm³/mol. The van der Waals surface area contributed by atoms with Gasteiger partial charge >= 0.3 is 5.92 Å². The van der Waals surface area contributed by atoms with Crippen molar-refractivity contribution < 1.29 is 23.2 Å². The number of amides is 1. The third kappa shape index (κ3) is 3.39. The number of fused-ring (bicyclic) bond motifs is 2. The molecule has 29 heavy (non-hydrogen) atoms. The van der Waals surface area contributed by atoms with Crippen molar-refractivity contribution in [2.24, 2.45) is 11.8 Å². The Balaban J connectivity index is 1.52. The highest BCUT2D eigenvalue weighted by molar-refractivity contribution is 6.16. The summed E-state index contributed by atoms with van der Waals surface area (Å²) < 4.78 is 29.6. The number of hydrogen-bond acceptors (Lipinski definition) is 3. The van der Waals surface area contributed by atoms with E-state index in [0.29, 0.717) is 11.1 Å². The van der Waals surface area contributed by atoms with Gasteiger partial charge in [0, 0.05) is 35.1 Å². The fraction of sp³-hybridized carbons (Fsp3) is 0.261. The summed E-state index contributed by atoms with van der Waals surface area (Å²) in [4.78, 5) is 37.7. The first-order chi connectivity index (χ1) is 13.9. The van der Waals surface area contributed by atoms with Gasteiger partial charge in [-0.2, -0.15) is 8.78 Å². The molecule has 0 spiro atoms. The first kappa shape index (κ1) is 19.2.